The molecule has 0 fully saturated rings. The van der Waals surface area contributed by atoms with Crippen LogP contribution in [0.5, 0.6) is 0 Å². The predicted octanol–water partition coefficient (Wildman–Crippen LogP) is 0.0641. The number of hydrogen-bond donors (Lipinski definition) is 2. The van der Waals surface area contributed by atoms with E-state index in [4.69, 9.17) is 15.0 Å². The van der Waals surface area contributed by atoms with Crippen LogP contribution in [0.15, 0.2) is 0 Å². The molecule has 0 spiro atoms. The van der Waals surface area contributed by atoms with E-state index in [1.54, 1.807) is 0 Å². The van der Waals surface area contributed by atoms with Crippen LogP contribution in [0.3, 0.4) is 0 Å². The SMILES string of the molecule is O=C(O)O.[Ba+2].[H-].[H-].[Tm].[Zr]. The molecule has 7 heavy (non-hydrogen) atoms. The van der Waals surface area contributed by atoms with Gasteiger partial charge in [-0.2, -0.15) is 0 Å². The normalized spacial score (nSPS) is 3.43. The smallest absolute Gasteiger partial charge is 1.00 e. The summed E-state index contributed by atoms with van der Waals surface area (Å²) in [5.74, 6) is 0. The van der Waals surface area contributed by atoms with Gasteiger partial charge in [-0.1, -0.05) is 0 Å². The molecule has 6 heteroatoms. The predicted molar refractivity (Wildman–Crippen MR) is 18.6 cm³/mol. The first-order valence-corrected chi connectivity index (χ1v) is 0.651. The van der Waals surface area contributed by atoms with E-state index in [-0.39, 0.29) is 115 Å². The van der Waals surface area contributed by atoms with Crippen LogP contribution in [0.4, 0.5) is 4.79 Å². The summed E-state index contributed by atoms with van der Waals surface area (Å²) in [6.07, 6.45) is -1.83. The molecule has 0 bridgehead atoms. The van der Waals surface area contributed by atoms with Gasteiger partial charge in [-0.05, 0) is 0 Å². The molecule has 0 atom stereocenters. The minimum absolute atomic E-state index is 0. The van der Waals surface area contributed by atoms with E-state index >= 15 is 0 Å². The zero-order valence-corrected chi connectivity index (χ0v) is 12.0. The summed E-state index contributed by atoms with van der Waals surface area (Å²) in [6, 6.07) is 0. The van der Waals surface area contributed by atoms with Crippen LogP contribution in [0.1, 0.15) is 2.85 Å². The second-order valence-electron chi connectivity index (χ2n) is 0.283. The molecule has 2 N–H and O–H groups in total. The molecule has 0 saturated heterocycles. The molecule has 0 amide bonds. The second kappa shape index (κ2) is 16.0. The Morgan fingerprint density at radius 2 is 1.43 bits per heavy atom. The number of carbonyl (C=O) groups is 1. The maximum Gasteiger partial charge on any atom is 2.00 e. The van der Waals surface area contributed by atoms with Gasteiger partial charge in [0.05, 0.1) is 0 Å². The van der Waals surface area contributed by atoms with E-state index in [0.29, 0.717) is 0 Å². The number of hydrogen-bond acceptors (Lipinski definition) is 1. The average molecular weight is 462 g/mol. The van der Waals surface area contributed by atoms with Crippen molar-refractivity contribution in [2.45, 2.75) is 0 Å². The Morgan fingerprint density at radius 1 is 1.43 bits per heavy atom. The first-order chi connectivity index (χ1) is 1.73. The van der Waals surface area contributed by atoms with Crippen LogP contribution in [-0.2, 0) is 26.2 Å². The van der Waals surface area contributed by atoms with Crippen molar-refractivity contribution >= 4 is 55.0 Å². The summed E-state index contributed by atoms with van der Waals surface area (Å²) >= 11 is 0. The molecule has 0 aliphatic rings. The first-order valence-electron chi connectivity index (χ1n) is 0.651. The summed E-state index contributed by atoms with van der Waals surface area (Å²) < 4.78 is 0. The van der Waals surface area contributed by atoms with Crippen LogP contribution in [-0.4, -0.2) is 65.2 Å². The average Bonchev–Trinajstić information content (AvgIpc) is 0.811. The van der Waals surface area contributed by atoms with Crippen LogP contribution in [0.2, 0.25) is 0 Å². The van der Waals surface area contributed by atoms with Gasteiger partial charge in [-0.25, -0.2) is 4.79 Å². The monoisotopic (exact) mass is 461 g/mol. The minimum atomic E-state index is -1.83. The molecule has 0 aliphatic carbocycles. The largest absolute Gasteiger partial charge is 2.00 e. The molecule has 0 aromatic heterocycles. The van der Waals surface area contributed by atoms with E-state index in [1.165, 1.54) is 0 Å². The van der Waals surface area contributed by atoms with Crippen LogP contribution in [0, 0.1) is 36.9 Å². The Balaban J connectivity index is -0.00000000450. The molecule has 0 unspecified atom stereocenters. The van der Waals surface area contributed by atoms with E-state index in [0.717, 1.165) is 0 Å². The summed E-state index contributed by atoms with van der Waals surface area (Å²) in [4.78, 5) is 8.56. The van der Waals surface area contributed by atoms with Gasteiger partial charge in [-0.3, -0.25) is 0 Å². The quantitative estimate of drug-likeness (QED) is 0.502. The fourth-order valence-electron chi connectivity index (χ4n) is 0. The number of rotatable bonds is 0. The van der Waals surface area contributed by atoms with E-state index < -0.39 is 6.16 Å². The topological polar surface area (TPSA) is 57.5 Å². The van der Waals surface area contributed by atoms with Crippen molar-refractivity contribution < 1.29 is 80.9 Å². The van der Waals surface area contributed by atoms with Crippen molar-refractivity contribution in [1.29, 1.82) is 0 Å². The Labute approximate surface area is 133 Å². The van der Waals surface area contributed by atoms with E-state index in [2.05, 4.69) is 0 Å². The van der Waals surface area contributed by atoms with Gasteiger partial charge in [-0.15, -0.1) is 0 Å². The molecular formula is CH4BaO3TmZr. The van der Waals surface area contributed by atoms with Crippen molar-refractivity contribution in [2.24, 2.45) is 0 Å². The van der Waals surface area contributed by atoms with Crippen molar-refractivity contribution in [3.63, 3.8) is 0 Å². The van der Waals surface area contributed by atoms with Gasteiger partial charge in [0.2, 0.25) is 0 Å². The Hall–Kier alpha value is 2.96. The fraction of sp³-hybridized carbons (Fsp3) is 0. The van der Waals surface area contributed by atoms with Crippen molar-refractivity contribution in [3.05, 3.63) is 0 Å². The van der Waals surface area contributed by atoms with Crippen molar-refractivity contribution in [3.8, 4) is 0 Å². The second-order valence-corrected chi connectivity index (χ2v) is 0.283. The Kier molecular flexibility index (Phi) is 51.4. The van der Waals surface area contributed by atoms with E-state index in [9.17, 15) is 0 Å². The molecule has 0 aliphatic heterocycles. The molecule has 0 aromatic carbocycles. The van der Waals surface area contributed by atoms with Crippen LogP contribution < -0.4 is 0 Å². The van der Waals surface area contributed by atoms with Gasteiger partial charge in [0, 0.05) is 63.1 Å². The van der Waals surface area contributed by atoms with Gasteiger partial charge in [0.15, 0.2) is 0 Å². The molecule has 45 valence electrons. The zero-order valence-electron chi connectivity index (χ0n) is 5.29. The molecular weight excluding hydrogens is 457 g/mol. The standard InChI is InChI=1S/CH2O3.Ba.Tm.Zr.2H/c2-1(3)4;;;;;/h(H2,2,3,4);;;;;/q;+2;;;2*-1. The van der Waals surface area contributed by atoms with Crippen LogP contribution in [0.25, 0.3) is 0 Å². The first kappa shape index (κ1) is 22.5. The molecule has 0 rings (SSSR count). The number of carboxylic acid groups (broad SMARTS) is 2. The summed E-state index contributed by atoms with van der Waals surface area (Å²) in [6.45, 7) is 0. The summed E-state index contributed by atoms with van der Waals surface area (Å²) in [7, 11) is 0. The van der Waals surface area contributed by atoms with Crippen molar-refractivity contribution in [2.75, 3.05) is 0 Å². The minimum Gasteiger partial charge on any atom is -1.00 e. The van der Waals surface area contributed by atoms with Crippen LogP contribution >= 0.6 is 0 Å². The molecule has 0 heterocycles. The fourth-order valence-corrected chi connectivity index (χ4v) is 0. The van der Waals surface area contributed by atoms with Gasteiger partial charge in [0.1, 0.15) is 0 Å². The third kappa shape index (κ3) is 49.6. The summed E-state index contributed by atoms with van der Waals surface area (Å²) in [5.41, 5.74) is 0. The zero-order chi connectivity index (χ0) is 3.58. The third-order valence-corrected chi connectivity index (χ3v) is 0. The molecule has 3 nitrogen and oxygen atoms in total. The maximum absolute atomic E-state index is 8.56. The molecule has 0 aromatic rings. The Morgan fingerprint density at radius 3 is 1.43 bits per heavy atom. The Bertz CT molecular complexity index is 44.8. The van der Waals surface area contributed by atoms with Crippen molar-refractivity contribution in [1.82, 2.24) is 0 Å². The summed E-state index contributed by atoms with van der Waals surface area (Å²) in [5, 5.41) is 13.9. The van der Waals surface area contributed by atoms with E-state index in [1.807, 2.05) is 0 Å². The molecule has 0 saturated carbocycles. The van der Waals surface area contributed by atoms with Gasteiger partial charge >= 0.3 is 55.0 Å². The maximum atomic E-state index is 8.56. The van der Waals surface area contributed by atoms with Gasteiger partial charge in [0.25, 0.3) is 0 Å². The molecule has 1 radical (unpaired) electrons. The van der Waals surface area contributed by atoms with Gasteiger partial charge < -0.3 is 13.1 Å². The third-order valence-electron chi connectivity index (χ3n) is 0.